The number of Topliss-reactive ketones (excluding diaryl/α,β-unsaturated/α-hetero) is 1. The zero-order chi connectivity index (χ0) is 22.9. The van der Waals surface area contributed by atoms with E-state index in [0.717, 1.165) is 25.7 Å². The Morgan fingerprint density at radius 1 is 1.29 bits per heavy atom. The molecule has 174 valence electrons. The number of carbonyl (C=O) groups excluding carboxylic acids is 2. The van der Waals surface area contributed by atoms with Crippen molar-refractivity contribution in [2.24, 2.45) is 16.8 Å². The molecule has 0 saturated heterocycles. The number of isothiocyanates is 1. The summed E-state index contributed by atoms with van der Waals surface area (Å²) < 4.78 is 0. The third-order valence-electron chi connectivity index (χ3n) is 5.39. The van der Waals surface area contributed by atoms with Crippen LogP contribution in [0.3, 0.4) is 0 Å². The van der Waals surface area contributed by atoms with Crippen LogP contribution in [0, 0.1) is 11.8 Å². The van der Waals surface area contributed by atoms with Crippen LogP contribution in [0.15, 0.2) is 29.3 Å². The van der Waals surface area contributed by atoms with Gasteiger partial charge in [-0.2, -0.15) is 0 Å². The van der Waals surface area contributed by atoms with Crippen LogP contribution in [-0.4, -0.2) is 64.1 Å². The number of hydrogen-bond acceptors (Lipinski definition) is 7. The number of aliphatic hydroxyl groups is 3. The minimum absolute atomic E-state index is 0.0452. The van der Waals surface area contributed by atoms with Crippen molar-refractivity contribution in [3.8, 4) is 0 Å². The van der Waals surface area contributed by atoms with Gasteiger partial charge < -0.3 is 20.6 Å². The van der Waals surface area contributed by atoms with Gasteiger partial charge in [-0.05, 0) is 44.3 Å². The number of hydrogen-bond donors (Lipinski definition) is 4. The zero-order valence-electron chi connectivity index (χ0n) is 18.1. The van der Waals surface area contributed by atoms with Crippen molar-refractivity contribution in [2.45, 2.75) is 70.0 Å². The van der Waals surface area contributed by atoms with E-state index in [0.29, 0.717) is 32.2 Å². The number of aliphatic imine (C=N–C) groups is 1. The second-order valence-corrected chi connectivity index (χ2v) is 8.05. The van der Waals surface area contributed by atoms with Crippen LogP contribution in [0.1, 0.15) is 57.8 Å². The van der Waals surface area contributed by atoms with Crippen LogP contribution in [0.5, 0.6) is 0 Å². The molecule has 1 rings (SSSR count). The molecule has 1 amide bonds. The first-order valence-electron chi connectivity index (χ1n) is 11.1. The largest absolute Gasteiger partial charge is 0.395 e. The van der Waals surface area contributed by atoms with E-state index in [1.807, 2.05) is 12.2 Å². The number of unbranched alkanes of at least 4 members (excludes halogenated alkanes) is 3. The standard InChI is InChI=1S/C23H36N2O5S/c26-15-14-25-23(30)10-6-2-1-5-9-19-20(22(29)16-21(19)28)12-11-18(27)8-4-3-7-13-24-17-31/h1,5,11-12,18-20,22,26-27,29H,2-4,6-10,13-16H2,(H,25,30)/b5-1-,12-11+/t18-,19+,20+,22+/m0/s1. The zero-order valence-corrected chi connectivity index (χ0v) is 18.9. The van der Waals surface area contributed by atoms with Crippen LogP contribution in [0.4, 0.5) is 0 Å². The maximum atomic E-state index is 12.3. The van der Waals surface area contributed by atoms with Crippen LogP contribution < -0.4 is 5.32 Å². The number of nitrogens with one attached hydrogen (secondary N) is 1. The van der Waals surface area contributed by atoms with E-state index in [1.54, 1.807) is 12.2 Å². The predicted molar refractivity (Wildman–Crippen MR) is 124 cm³/mol. The Morgan fingerprint density at radius 2 is 2.10 bits per heavy atom. The third kappa shape index (κ3) is 12.1. The molecule has 4 N–H and O–H groups in total. The molecule has 7 nitrogen and oxygen atoms in total. The average molecular weight is 453 g/mol. The highest BCUT2D eigenvalue weighted by Gasteiger charge is 2.39. The lowest BCUT2D eigenvalue weighted by Crippen LogP contribution is -2.25. The molecule has 0 spiro atoms. The summed E-state index contributed by atoms with van der Waals surface area (Å²) in [6.07, 6.45) is 12.0. The van der Waals surface area contributed by atoms with Gasteiger partial charge in [0.25, 0.3) is 0 Å². The van der Waals surface area contributed by atoms with Gasteiger partial charge in [-0.15, -0.1) is 0 Å². The van der Waals surface area contributed by atoms with Gasteiger partial charge in [0.2, 0.25) is 5.91 Å². The second kappa shape index (κ2) is 16.9. The molecule has 0 aromatic heterocycles. The molecular formula is C23H36N2O5S. The Hall–Kier alpha value is -1.70. The Balaban J connectivity index is 2.37. The van der Waals surface area contributed by atoms with Gasteiger partial charge in [-0.25, -0.2) is 4.99 Å². The second-order valence-electron chi connectivity index (χ2n) is 7.87. The summed E-state index contributed by atoms with van der Waals surface area (Å²) in [6.45, 7) is 0.871. The minimum Gasteiger partial charge on any atom is -0.395 e. The van der Waals surface area contributed by atoms with Gasteiger partial charge in [-0.3, -0.25) is 9.59 Å². The topological polar surface area (TPSA) is 119 Å². The summed E-state index contributed by atoms with van der Waals surface area (Å²) in [4.78, 5) is 27.6. The molecule has 0 aromatic rings. The molecule has 4 atom stereocenters. The minimum atomic E-state index is -0.711. The van der Waals surface area contributed by atoms with Crippen molar-refractivity contribution < 1.29 is 24.9 Å². The van der Waals surface area contributed by atoms with Crippen molar-refractivity contribution >= 4 is 29.1 Å². The predicted octanol–water partition coefficient (Wildman–Crippen LogP) is 2.36. The quantitative estimate of drug-likeness (QED) is 0.124. The molecule has 0 bridgehead atoms. The fraction of sp³-hybridized carbons (Fsp3) is 0.696. The smallest absolute Gasteiger partial charge is 0.220 e. The lowest BCUT2D eigenvalue weighted by Gasteiger charge is -2.16. The van der Waals surface area contributed by atoms with Gasteiger partial charge in [-0.1, -0.05) is 37.1 Å². The summed E-state index contributed by atoms with van der Waals surface area (Å²) in [5, 5.41) is 34.0. The van der Waals surface area contributed by atoms with Crippen LogP contribution in [-0.2, 0) is 9.59 Å². The van der Waals surface area contributed by atoms with Gasteiger partial charge in [0.05, 0.1) is 24.0 Å². The number of amides is 1. The van der Waals surface area contributed by atoms with E-state index in [1.165, 1.54) is 0 Å². The molecular weight excluding hydrogens is 416 g/mol. The fourth-order valence-electron chi connectivity index (χ4n) is 3.67. The molecule has 8 heteroatoms. The van der Waals surface area contributed by atoms with Gasteiger partial charge in [0.15, 0.2) is 0 Å². The highest BCUT2D eigenvalue weighted by atomic mass is 32.1. The first-order chi connectivity index (χ1) is 15.0. The Morgan fingerprint density at radius 3 is 2.84 bits per heavy atom. The van der Waals surface area contributed by atoms with Gasteiger partial charge in [0.1, 0.15) is 5.78 Å². The number of ketones is 1. The monoisotopic (exact) mass is 452 g/mol. The Bertz CT molecular complexity index is 646. The van der Waals surface area contributed by atoms with Gasteiger partial charge >= 0.3 is 0 Å². The average Bonchev–Trinajstić information content (AvgIpc) is 3.02. The lowest BCUT2D eigenvalue weighted by atomic mass is 9.90. The van der Waals surface area contributed by atoms with E-state index in [4.69, 9.17) is 5.11 Å². The van der Waals surface area contributed by atoms with Crippen molar-refractivity contribution in [1.82, 2.24) is 5.32 Å². The molecule has 0 heterocycles. The van der Waals surface area contributed by atoms with Crippen LogP contribution in [0.25, 0.3) is 0 Å². The first kappa shape index (κ1) is 27.3. The Labute approximate surface area is 190 Å². The number of thiocarbonyl (C=S) groups is 1. The molecule has 1 aliphatic rings. The number of aliphatic hydroxyl groups excluding tert-OH is 3. The number of nitrogens with zero attached hydrogens (tertiary/aromatic N) is 1. The summed E-state index contributed by atoms with van der Waals surface area (Å²) >= 11 is 4.52. The molecule has 31 heavy (non-hydrogen) atoms. The molecule has 0 unspecified atom stereocenters. The van der Waals surface area contributed by atoms with E-state index < -0.39 is 12.2 Å². The van der Waals surface area contributed by atoms with Crippen molar-refractivity contribution in [1.29, 1.82) is 0 Å². The normalized spacial score (nSPS) is 22.2. The molecule has 1 saturated carbocycles. The van der Waals surface area contributed by atoms with Crippen molar-refractivity contribution in [3.63, 3.8) is 0 Å². The summed E-state index contributed by atoms with van der Waals surface area (Å²) in [6, 6.07) is 0. The van der Waals surface area contributed by atoms with Crippen molar-refractivity contribution in [2.75, 3.05) is 19.7 Å². The van der Waals surface area contributed by atoms with Crippen LogP contribution >= 0.6 is 12.2 Å². The van der Waals surface area contributed by atoms with Crippen LogP contribution in [0.2, 0.25) is 0 Å². The van der Waals surface area contributed by atoms with E-state index in [2.05, 4.69) is 27.7 Å². The molecule has 0 radical (unpaired) electrons. The number of carbonyl (C=O) groups is 2. The molecule has 0 aromatic carbocycles. The SMILES string of the molecule is O=C(CCC/C=C\C[C@H]1C(=O)C[C@@H](O)[C@@H]1/C=C/[C@@H](O)CCCCCN=C=S)NCCO. The summed E-state index contributed by atoms with van der Waals surface area (Å²) in [5.41, 5.74) is 0. The summed E-state index contributed by atoms with van der Waals surface area (Å²) in [7, 11) is 0. The number of rotatable bonds is 16. The van der Waals surface area contributed by atoms with E-state index in [9.17, 15) is 19.8 Å². The third-order valence-corrected chi connectivity index (χ3v) is 5.52. The van der Waals surface area contributed by atoms with Crippen molar-refractivity contribution in [3.05, 3.63) is 24.3 Å². The molecule has 1 fully saturated rings. The maximum absolute atomic E-state index is 12.3. The Kier molecular flexibility index (Phi) is 14.9. The highest BCUT2D eigenvalue weighted by molar-refractivity contribution is 7.78. The highest BCUT2D eigenvalue weighted by Crippen LogP contribution is 2.33. The molecule has 0 aliphatic heterocycles. The number of allylic oxidation sites excluding steroid dienone is 2. The van der Waals surface area contributed by atoms with E-state index >= 15 is 0 Å². The maximum Gasteiger partial charge on any atom is 0.220 e. The lowest BCUT2D eigenvalue weighted by molar-refractivity contribution is -0.122. The van der Waals surface area contributed by atoms with Gasteiger partial charge in [0, 0.05) is 37.8 Å². The fourth-order valence-corrected chi connectivity index (χ4v) is 3.76. The summed E-state index contributed by atoms with van der Waals surface area (Å²) in [5.74, 6) is -0.601. The first-order valence-corrected chi connectivity index (χ1v) is 11.5. The molecule has 1 aliphatic carbocycles. The van der Waals surface area contributed by atoms with E-state index in [-0.39, 0.29) is 43.1 Å².